The fourth-order valence-corrected chi connectivity index (χ4v) is 5.25. The summed E-state index contributed by atoms with van der Waals surface area (Å²) in [5, 5.41) is 7.79. The van der Waals surface area contributed by atoms with Gasteiger partial charge in [0.1, 0.15) is 17.6 Å². The molecular formula is C35H37ClN6O2. The Morgan fingerprint density at radius 2 is 1.70 bits per heavy atom. The highest BCUT2D eigenvalue weighted by atomic mass is 35.5. The number of aromatic nitrogens is 2. The van der Waals surface area contributed by atoms with E-state index in [2.05, 4.69) is 46.6 Å². The van der Waals surface area contributed by atoms with E-state index < -0.39 is 11.9 Å². The summed E-state index contributed by atoms with van der Waals surface area (Å²) in [5.74, 6) is 0.160. The van der Waals surface area contributed by atoms with Gasteiger partial charge in [0.15, 0.2) is 0 Å². The zero-order valence-corrected chi connectivity index (χ0v) is 25.7. The van der Waals surface area contributed by atoms with Crippen LogP contribution in [0.15, 0.2) is 89.9 Å². The van der Waals surface area contributed by atoms with Crippen LogP contribution in [-0.2, 0) is 11.3 Å². The molecule has 226 valence electrons. The number of hydrogen-bond donors (Lipinski definition) is 4. The number of amidine groups is 1. The van der Waals surface area contributed by atoms with Crippen LogP contribution in [0, 0.1) is 0 Å². The van der Waals surface area contributed by atoms with Crippen molar-refractivity contribution >= 4 is 51.1 Å². The van der Waals surface area contributed by atoms with Crippen molar-refractivity contribution in [3.63, 3.8) is 0 Å². The molecule has 2 amide bonds. The summed E-state index contributed by atoms with van der Waals surface area (Å²) in [5.41, 5.74) is 11.5. The van der Waals surface area contributed by atoms with E-state index in [4.69, 9.17) is 22.3 Å². The number of nitrogens with two attached hydrogens (primary N) is 1. The first-order chi connectivity index (χ1) is 21.3. The van der Waals surface area contributed by atoms with Crippen molar-refractivity contribution in [3.05, 3.63) is 102 Å². The van der Waals surface area contributed by atoms with Gasteiger partial charge in [-0.25, -0.2) is 4.98 Å². The van der Waals surface area contributed by atoms with E-state index in [1.165, 1.54) is 5.56 Å². The van der Waals surface area contributed by atoms with Crippen LogP contribution < -0.4 is 16.4 Å². The molecule has 44 heavy (non-hydrogen) atoms. The number of nitrogens with one attached hydrogen (secondary N) is 3. The van der Waals surface area contributed by atoms with E-state index in [0.29, 0.717) is 43.4 Å². The van der Waals surface area contributed by atoms with Crippen LogP contribution in [0.1, 0.15) is 54.2 Å². The number of benzene rings is 3. The fourth-order valence-electron chi connectivity index (χ4n) is 5.17. The molecule has 0 saturated heterocycles. The molecule has 0 bridgehead atoms. The van der Waals surface area contributed by atoms with Gasteiger partial charge in [0.05, 0.1) is 17.1 Å². The summed E-state index contributed by atoms with van der Waals surface area (Å²) < 4.78 is 0. The summed E-state index contributed by atoms with van der Waals surface area (Å²) in [4.78, 5) is 39.8. The van der Waals surface area contributed by atoms with Crippen LogP contribution in [0.5, 0.6) is 0 Å². The molecule has 5 rings (SSSR count). The van der Waals surface area contributed by atoms with E-state index in [0.717, 1.165) is 32.9 Å². The van der Waals surface area contributed by atoms with Crippen LogP contribution in [-0.4, -0.2) is 46.1 Å². The van der Waals surface area contributed by atoms with Gasteiger partial charge in [-0.1, -0.05) is 86.6 Å². The Bertz CT molecular complexity index is 1780. The molecule has 5 aromatic rings. The number of pyridine rings is 1. The molecule has 1 atom stereocenters. The molecule has 8 nitrogen and oxygen atoms in total. The number of hydrogen-bond acceptors (Lipinski definition) is 4. The van der Waals surface area contributed by atoms with E-state index in [-0.39, 0.29) is 17.5 Å². The lowest BCUT2D eigenvalue weighted by Gasteiger charge is -2.19. The molecule has 0 saturated carbocycles. The topological polar surface area (TPSA) is 125 Å². The van der Waals surface area contributed by atoms with Gasteiger partial charge in [-0.2, -0.15) is 0 Å². The molecule has 2 aromatic heterocycles. The summed E-state index contributed by atoms with van der Waals surface area (Å²) in [7, 11) is 0. The monoisotopic (exact) mass is 608 g/mol. The minimum atomic E-state index is -0.798. The van der Waals surface area contributed by atoms with Gasteiger partial charge < -0.3 is 21.4 Å². The Hall–Kier alpha value is -4.69. The first-order valence-corrected chi connectivity index (χ1v) is 15.4. The smallest absolute Gasteiger partial charge is 0.270 e. The molecule has 3 aromatic carbocycles. The second kappa shape index (κ2) is 14.2. The van der Waals surface area contributed by atoms with E-state index in [1.54, 1.807) is 6.07 Å². The molecule has 0 aliphatic rings. The number of fused-ring (bicyclic) bond motifs is 3. The lowest BCUT2D eigenvalue weighted by Crippen LogP contribution is -2.46. The van der Waals surface area contributed by atoms with E-state index >= 15 is 0 Å². The number of H-pyrrole nitrogens is 1. The first kappa shape index (κ1) is 30.8. The van der Waals surface area contributed by atoms with Crippen LogP contribution in [0.2, 0.25) is 0 Å². The maximum absolute atomic E-state index is 13.8. The normalized spacial score (nSPS) is 12.5. The Morgan fingerprint density at radius 3 is 2.43 bits per heavy atom. The van der Waals surface area contributed by atoms with Crippen LogP contribution >= 0.6 is 11.6 Å². The Balaban J connectivity index is 1.46. The largest absolute Gasteiger partial charge is 0.386 e. The quantitative estimate of drug-likeness (QED) is 0.0574. The Labute approximate surface area is 262 Å². The van der Waals surface area contributed by atoms with Crippen molar-refractivity contribution in [2.45, 2.75) is 45.2 Å². The van der Waals surface area contributed by atoms with Gasteiger partial charge in [0.2, 0.25) is 5.91 Å². The van der Waals surface area contributed by atoms with E-state index in [1.807, 2.05) is 66.7 Å². The third kappa shape index (κ3) is 7.26. The van der Waals surface area contributed by atoms with Crippen LogP contribution in [0.4, 0.5) is 0 Å². The zero-order chi connectivity index (χ0) is 31.1. The molecule has 2 heterocycles. The summed E-state index contributed by atoms with van der Waals surface area (Å²) in [6.07, 6.45) is 0.897. The number of para-hydroxylation sites is 1. The maximum atomic E-state index is 13.8. The third-order valence-electron chi connectivity index (χ3n) is 7.61. The Kier molecular flexibility index (Phi) is 9.92. The highest BCUT2D eigenvalue weighted by molar-refractivity contribution is 6.28. The van der Waals surface area contributed by atoms with Gasteiger partial charge in [-0.3, -0.25) is 14.6 Å². The van der Waals surface area contributed by atoms with Crippen molar-refractivity contribution < 1.29 is 9.59 Å². The lowest BCUT2D eigenvalue weighted by molar-refractivity contribution is -0.123. The molecule has 0 unspecified atom stereocenters. The lowest BCUT2D eigenvalue weighted by atomic mass is 9.99. The minimum Gasteiger partial charge on any atom is -0.386 e. The third-order valence-corrected chi connectivity index (χ3v) is 7.89. The number of aromatic amines is 1. The van der Waals surface area contributed by atoms with Gasteiger partial charge >= 0.3 is 0 Å². The predicted molar refractivity (Wildman–Crippen MR) is 179 cm³/mol. The molecule has 0 aliphatic heterocycles. The molecule has 0 fully saturated rings. The fraction of sp³-hybridized carbons (Fsp3) is 0.257. The summed E-state index contributed by atoms with van der Waals surface area (Å²) >= 11 is 5.74. The first-order valence-electron chi connectivity index (χ1n) is 14.8. The van der Waals surface area contributed by atoms with Gasteiger partial charge in [-0.15, -0.1) is 11.6 Å². The number of amides is 2. The van der Waals surface area contributed by atoms with Crippen LogP contribution in [0.25, 0.3) is 33.1 Å². The SMILES string of the molecule is CC(C)c1ccc(-c2nc(C(=O)N[C@@H](CCCN=C(N)CCl)C(=O)NCc3ccccc3)cc3c2[nH]c2ccccc23)cc1. The number of carbonyl (C=O) groups is 2. The van der Waals surface area contributed by atoms with Crippen molar-refractivity contribution in [2.24, 2.45) is 10.7 Å². The van der Waals surface area contributed by atoms with Crippen LogP contribution in [0.3, 0.4) is 0 Å². The second-order valence-electron chi connectivity index (χ2n) is 11.1. The number of halogens is 1. The zero-order valence-electron chi connectivity index (χ0n) is 24.9. The van der Waals surface area contributed by atoms with Crippen molar-refractivity contribution in [1.82, 2.24) is 20.6 Å². The molecule has 5 N–H and O–H groups in total. The van der Waals surface area contributed by atoms with Crippen molar-refractivity contribution in [3.8, 4) is 11.3 Å². The van der Waals surface area contributed by atoms with Gasteiger partial charge in [-0.05, 0) is 42.0 Å². The molecule has 0 aliphatic carbocycles. The van der Waals surface area contributed by atoms with Crippen molar-refractivity contribution in [1.29, 1.82) is 0 Å². The Morgan fingerprint density at radius 1 is 0.977 bits per heavy atom. The molecule has 0 spiro atoms. The number of rotatable bonds is 12. The van der Waals surface area contributed by atoms with Crippen molar-refractivity contribution in [2.75, 3.05) is 12.4 Å². The number of nitrogens with zero attached hydrogens (tertiary/aromatic N) is 2. The predicted octanol–water partition coefficient (Wildman–Crippen LogP) is 6.30. The average Bonchev–Trinajstić information content (AvgIpc) is 3.43. The van der Waals surface area contributed by atoms with E-state index in [9.17, 15) is 9.59 Å². The minimum absolute atomic E-state index is 0.141. The second-order valence-corrected chi connectivity index (χ2v) is 11.4. The van der Waals surface area contributed by atoms with Gasteiger partial charge in [0.25, 0.3) is 5.91 Å². The highest BCUT2D eigenvalue weighted by Crippen LogP contribution is 2.33. The standard InChI is InChI=1S/C35H37ClN6O2/c1-22(2)24-14-16-25(17-15-24)32-33-27(26-11-6-7-12-28(26)40-33)19-30(41-32)35(44)42-29(13-8-18-38-31(37)20-36)34(43)39-21-23-9-4-3-5-10-23/h3-7,9-12,14-17,19,22,29,40H,8,13,18,20-21H2,1-2H3,(H2,37,38)(H,39,43)(H,42,44)/t29-/m0/s1. The molecule has 9 heteroatoms. The number of carbonyl (C=O) groups excluding carboxylic acids is 2. The molecular weight excluding hydrogens is 572 g/mol. The summed E-state index contributed by atoms with van der Waals surface area (Å²) in [6.45, 7) is 5.05. The summed E-state index contributed by atoms with van der Waals surface area (Å²) in [6, 6.07) is 26.9. The average molecular weight is 609 g/mol. The molecule has 0 radical (unpaired) electrons. The number of alkyl halides is 1. The highest BCUT2D eigenvalue weighted by Gasteiger charge is 2.24. The maximum Gasteiger partial charge on any atom is 0.270 e. The van der Waals surface area contributed by atoms with Gasteiger partial charge in [0, 0.05) is 34.9 Å². The number of aliphatic imine (C=N–C) groups is 1.